The van der Waals surface area contributed by atoms with E-state index in [4.69, 9.17) is 4.74 Å². The molecule has 0 spiro atoms. The molecule has 0 saturated carbocycles. The number of benzene rings is 2. The molecular weight excluding hydrogens is 336 g/mol. The van der Waals surface area contributed by atoms with E-state index in [0.29, 0.717) is 0 Å². The second-order valence-electron chi connectivity index (χ2n) is 6.75. The highest BCUT2D eigenvalue weighted by molar-refractivity contribution is 5.94. The van der Waals surface area contributed by atoms with Crippen molar-refractivity contribution in [2.24, 2.45) is 0 Å². The number of aromatic nitrogens is 3. The zero-order valence-corrected chi connectivity index (χ0v) is 15.1. The summed E-state index contributed by atoms with van der Waals surface area (Å²) in [6, 6.07) is 14.3. The monoisotopic (exact) mass is 356 g/mol. The zero-order valence-electron chi connectivity index (χ0n) is 15.1. The first kappa shape index (κ1) is 15.9. The minimum Gasteiger partial charge on any atom is -0.497 e. The van der Waals surface area contributed by atoms with E-state index in [1.54, 1.807) is 13.4 Å². The Kier molecular flexibility index (Phi) is 3.78. The molecular formula is C22H20N4O. The summed E-state index contributed by atoms with van der Waals surface area (Å²) in [5.41, 5.74) is 4.75. The Bertz CT molecular complexity index is 1160. The van der Waals surface area contributed by atoms with Crippen molar-refractivity contribution in [2.45, 2.75) is 6.42 Å². The van der Waals surface area contributed by atoms with Gasteiger partial charge in [0.05, 0.1) is 12.6 Å². The molecule has 0 unspecified atom stereocenters. The molecule has 3 heterocycles. The average Bonchev–Trinajstić information content (AvgIpc) is 3.16. The van der Waals surface area contributed by atoms with E-state index >= 15 is 0 Å². The van der Waals surface area contributed by atoms with Crippen molar-refractivity contribution in [2.75, 3.05) is 25.1 Å². The number of nitrogens with one attached hydrogen (secondary N) is 1. The van der Waals surface area contributed by atoms with Gasteiger partial charge in [-0.2, -0.15) is 0 Å². The summed E-state index contributed by atoms with van der Waals surface area (Å²) in [4.78, 5) is 14.6. The molecule has 1 aliphatic heterocycles. The summed E-state index contributed by atoms with van der Waals surface area (Å²) in [5, 5.41) is 2.32. The van der Waals surface area contributed by atoms with Crippen LogP contribution in [0.25, 0.3) is 27.4 Å². The van der Waals surface area contributed by atoms with E-state index in [1.807, 2.05) is 24.3 Å². The molecule has 0 aliphatic carbocycles. The smallest absolute Gasteiger partial charge is 0.140 e. The fourth-order valence-corrected chi connectivity index (χ4v) is 3.84. The summed E-state index contributed by atoms with van der Waals surface area (Å²) >= 11 is 0. The Morgan fingerprint density at radius 1 is 1.07 bits per heavy atom. The van der Waals surface area contributed by atoms with Crippen LogP contribution in [-0.2, 0) is 0 Å². The lowest BCUT2D eigenvalue weighted by atomic mass is 9.98. The molecule has 5 nitrogen and oxygen atoms in total. The number of hydrogen-bond acceptors (Lipinski definition) is 4. The van der Waals surface area contributed by atoms with Crippen LogP contribution >= 0.6 is 0 Å². The number of H-pyrrole nitrogens is 1. The van der Waals surface area contributed by atoms with Crippen LogP contribution in [-0.4, -0.2) is 35.2 Å². The van der Waals surface area contributed by atoms with Crippen molar-refractivity contribution in [3.63, 3.8) is 0 Å². The van der Waals surface area contributed by atoms with Crippen LogP contribution in [0.2, 0.25) is 0 Å². The number of para-hydroxylation sites is 1. The third kappa shape index (κ3) is 2.72. The van der Waals surface area contributed by atoms with E-state index in [1.165, 1.54) is 16.5 Å². The van der Waals surface area contributed by atoms with Gasteiger partial charge in [-0.1, -0.05) is 18.2 Å². The molecule has 0 atom stereocenters. The van der Waals surface area contributed by atoms with Crippen molar-refractivity contribution in [3.8, 4) is 5.75 Å². The summed E-state index contributed by atoms with van der Waals surface area (Å²) in [6.45, 7) is 1.77. The normalized spacial score (nSPS) is 14.6. The molecule has 5 heteroatoms. The predicted octanol–water partition coefficient (Wildman–Crippen LogP) is 4.41. The highest BCUT2D eigenvalue weighted by atomic mass is 16.5. The molecule has 0 radical (unpaired) electrons. The van der Waals surface area contributed by atoms with Gasteiger partial charge in [0.25, 0.3) is 0 Å². The van der Waals surface area contributed by atoms with Crippen molar-refractivity contribution < 1.29 is 4.74 Å². The van der Waals surface area contributed by atoms with Crippen molar-refractivity contribution >= 4 is 33.2 Å². The Labute approximate surface area is 157 Å². The molecule has 1 aliphatic rings. The summed E-state index contributed by atoms with van der Waals surface area (Å²) in [6.07, 6.45) is 7.04. The maximum atomic E-state index is 5.39. The lowest BCUT2D eigenvalue weighted by Crippen LogP contribution is -2.29. The number of methoxy groups -OCH3 is 1. The number of ether oxygens (including phenoxy) is 1. The number of hydrogen-bond donors (Lipinski definition) is 1. The molecule has 0 bridgehead atoms. The Morgan fingerprint density at radius 3 is 2.85 bits per heavy atom. The van der Waals surface area contributed by atoms with Gasteiger partial charge in [0.1, 0.15) is 17.9 Å². The predicted molar refractivity (Wildman–Crippen MR) is 109 cm³/mol. The van der Waals surface area contributed by atoms with E-state index < -0.39 is 0 Å². The summed E-state index contributed by atoms with van der Waals surface area (Å²) in [7, 11) is 1.71. The van der Waals surface area contributed by atoms with Crippen LogP contribution in [0.4, 0.5) is 5.82 Å². The number of fused-ring (bicyclic) bond motifs is 2. The van der Waals surface area contributed by atoms with Crippen LogP contribution in [0.5, 0.6) is 5.75 Å². The first-order valence-electron chi connectivity index (χ1n) is 9.13. The number of aromatic amines is 1. The maximum Gasteiger partial charge on any atom is 0.140 e. The molecule has 27 heavy (non-hydrogen) atoms. The summed E-state index contributed by atoms with van der Waals surface area (Å²) < 4.78 is 5.39. The highest BCUT2D eigenvalue weighted by Gasteiger charge is 2.18. The largest absolute Gasteiger partial charge is 0.497 e. The van der Waals surface area contributed by atoms with Crippen LogP contribution in [0.15, 0.2) is 61.1 Å². The van der Waals surface area contributed by atoms with Gasteiger partial charge in [-0.15, -0.1) is 0 Å². The molecule has 0 saturated heterocycles. The third-order valence-corrected chi connectivity index (χ3v) is 5.27. The zero-order chi connectivity index (χ0) is 18.2. The van der Waals surface area contributed by atoms with Gasteiger partial charge in [0.15, 0.2) is 0 Å². The molecule has 1 N–H and O–H groups in total. The lowest BCUT2D eigenvalue weighted by molar-refractivity contribution is 0.415. The van der Waals surface area contributed by atoms with Crippen LogP contribution < -0.4 is 9.64 Å². The fraction of sp³-hybridized carbons (Fsp3) is 0.182. The average molecular weight is 356 g/mol. The van der Waals surface area contributed by atoms with E-state index in [2.05, 4.69) is 50.3 Å². The molecule has 0 fully saturated rings. The van der Waals surface area contributed by atoms with Gasteiger partial charge in [0.2, 0.25) is 0 Å². The highest BCUT2D eigenvalue weighted by Crippen LogP contribution is 2.33. The standard InChI is InChI=1S/C22H20N4O/c1-27-16-6-7-21-18(12-16)19(13-23-21)15-8-10-26(11-9-15)22-17-4-2-3-5-20(17)24-14-25-22/h2-8,12-14,23H,9-11H2,1H3. The van der Waals surface area contributed by atoms with E-state index in [-0.39, 0.29) is 0 Å². The van der Waals surface area contributed by atoms with Crippen molar-refractivity contribution in [1.29, 1.82) is 0 Å². The first-order chi connectivity index (χ1) is 13.3. The second kappa shape index (κ2) is 6.43. The molecule has 2 aromatic carbocycles. The Balaban J connectivity index is 1.48. The third-order valence-electron chi connectivity index (χ3n) is 5.27. The second-order valence-corrected chi connectivity index (χ2v) is 6.75. The Hall–Kier alpha value is -3.34. The maximum absolute atomic E-state index is 5.39. The van der Waals surface area contributed by atoms with Crippen LogP contribution in [0.1, 0.15) is 12.0 Å². The van der Waals surface area contributed by atoms with E-state index in [0.717, 1.165) is 47.5 Å². The molecule has 5 rings (SSSR count). The number of rotatable bonds is 3. The van der Waals surface area contributed by atoms with Gasteiger partial charge in [-0.3, -0.25) is 0 Å². The van der Waals surface area contributed by atoms with Gasteiger partial charge >= 0.3 is 0 Å². The molecule has 0 amide bonds. The van der Waals surface area contributed by atoms with Crippen LogP contribution in [0, 0.1) is 0 Å². The lowest BCUT2D eigenvalue weighted by Gasteiger charge is -2.28. The number of nitrogens with zero attached hydrogens (tertiary/aromatic N) is 3. The topological polar surface area (TPSA) is 54.0 Å². The van der Waals surface area contributed by atoms with Crippen LogP contribution in [0.3, 0.4) is 0 Å². The molecule has 2 aromatic heterocycles. The van der Waals surface area contributed by atoms with Gasteiger partial charge in [-0.25, -0.2) is 9.97 Å². The van der Waals surface area contributed by atoms with Crippen molar-refractivity contribution in [3.05, 3.63) is 66.6 Å². The number of anilines is 1. The van der Waals surface area contributed by atoms with Gasteiger partial charge < -0.3 is 14.6 Å². The van der Waals surface area contributed by atoms with E-state index in [9.17, 15) is 0 Å². The van der Waals surface area contributed by atoms with Gasteiger partial charge in [-0.05, 0) is 42.3 Å². The minimum absolute atomic E-state index is 0.840. The fourth-order valence-electron chi connectivity index (χ4n) is 3.84. The quantitative estimate of drug-likeness (QED) is 0.591. The minimum atomic E-state index is 0.840. The van der Waals surface area contributed by atoms with Gasteiger partial charge in [0, 0.05) is 41.1 Å². The first-order valence-corrected chi connectivity index (χ1v) is 9.13. The Morgan fingerprint density at radius 2 is 2.00 bits per heavy atom. The summed E-state index contributed by atoms with van der Waals surface area (Å²) in [5.74, 6) is 1.89. The SMILES string of the molecule is COc1ccc2[nH]cc(C3=CCN(c4ncnc5ccccc45)CC3)c2c1. The molecule has 4 aromatic rings. The van der Waals surface area contributed by atoms with Crippen molar-refractivity contribution in [1.82, 2.24) is 15.0 Å². The molecule has 134 valence electrons.